The predicted octanol–water partition coefficient (Wildman–Crippen LogP) is 1.05. The summed E-state index contributed by atoms with van der Waals surface area (Å²) in [5.74, 6) is 1.32. The van der Waals surface area contributed by atoms with Crippen LogP contribution in [0, 0.1) is 0 Å². The van der Waals surface area contributed by atoms with Gasteiger partial charge in [0.1, 0.15) is 0 Å². The summed E-state index contributed by atoms with van der Waals surface area (Å²) in [6.07, 6.45) is 3.59. The fourth-order valence-electron chi connectivity index (χ4n) is 0.973. The van der Waals surface area contributed by atoms with E-state index in [1.165, 1.54) is 18.7 Å². The molecule has 2 heteroatoms. The zero-order valence-corrected chi connectivity index (χ0v) is 6.37. The van der Waals surface area contributed by atoms with E-state index >= 15 is 0 Å². The molecule has 8 heavy (non-hydrogen) atoms. The highest BCUT2D eigenvalue weighted by atomic mass is 32.2. The Morgan fingerprint density at radius 3 is 2.62 bits per heavy atom. The maximum atomic E-state index is 2.41. The number of rotatable bonds is 2. The van der Waals surface area contributed by atoms with Crippen LogP contribution in [0.25, 0.3) is 0 Å². The molecule has 1 rings (SSSR count). The summed E-state index contributed by atoms with van der Waals surface area (Å²) >= 11 is 1.95. The smallest absolute Gasteiger partial charge is 0.0195 e. The molecule has 1 aliphatic heterocycles. The highest BCUT2D eigenvalue weighted by Crippen LogP contribution is 2.17. The first-order chi connectivity index (χ1) is 3.84. The van der Waals surface area contributed by atoms with Crippen molar-refractivity contribution in [3.05, 3.63) is 0 Å². The first-order valence-electron chi connectivity index (χ1n) is 3.04. The van der Waals surface area contributed by atoms with E-state index in [2.05, 4.69) is 18.2 Å². The van der Waals surface area contributed by atoms with Gasteiger partial charge in [-0.3, -0.25) is 0 Å². The van der Waals surface area contributed by atoms with E-state index in [1.807, 2.05) is 11.8 Å². The molecule has 0 saturated carbocycles. The van der Waals surface area contributed by atoms with Crippen LogP contribution in [-0.2, 0) is 0 Å². The Hall–Kier alpha value is 0.310. The summed E-state index contributed by atoms with van der Waals surface area (Å²) in [5, 5.41) is 0. The van der Waals surface area contributed by atoms with Crippen molar-refractivity contribution in [3.63, 3.8) is 0 Å². The Morgan fingerprint density at radius 2 is 2.50 bits per heavy atom. The number of nitrogens with zero attached hydrogens (tertiary/aromatic N) is 1. The zero-order chi connectivity index (χ0) is 5.98. The average molecular weight is 131 g/mol. The molecule has 1 saturated heterocycles. The van der Waals surface area contributed by atoms with Crippen LogP contribution >= 0.6 is 11.8 Å². The van der Waals surface area contributed by atoms with Gasteiger partial charge in [0, 0.05) is 11.8 Å². The Balaban J connectivity index is 2.08. The van der Waals surface area contributed by atoms with Gasteiger partial charge in [0.25, 0.3) is 0 Å². The molecule has 0 aromatic heterocycles. The van der Waals surface area contributed by atoms with E-state index in [0.717, 1.165) is 6.04 Å². The Bertz CT molecular complexity index is 74.9. The van der Waals surface area contributed by atoms with Gasteiger partial charge < -0.3 is 4.90 Å². The van der Waals surface area contributed by atoms with E-state index in [4.69, 9.17) is 0 Å². The van der Waals surface area contributed by atoms with Gasteiger partial charge >= 0.3 is 0 Å². The Kier molecular flexibility index (Phi) is 2.20. The predicted molar refractivity (Wildman–Crippen MR) is 39.4 cm³/mol. The van der Waals surface area contributed by atoms with Gasteiger partial charge in [-0.05, 0) is 26.3 Å². The highest BCUT2D eigenvalue weighted by Gasteiger charge is 2.22. The van der Waals surface area contributed by atoms with Crippen molar-refractivity contribution < 1.29 is 0 Å². The molecule has 0 aromatic carbocycles. The molecule has 48 valence electrons. The Morgan fingerprint density at radius 1 is 1.75 bits per heavy atom. The lowest BCUT2D eigenvalue weighted by molar-refractivity contribution is 0.147. The molecule has 1 unspecified atom stereocenters. The number of likely N-dealkylation sites (tertiary alicyclic amines) is 1. The SMILES string of the molecule is CSCC1CCN1C. The van der Waals surface area contributed by atoms with E-state index in [0.29, 0.717) is 0 Å². The van der Waals surface area contributed by atoms with Crippen molar-refractivity contribution in [2.24, 2.45) is 0 Å². The summed E-state index contributed by atoms with van der Waals surface area (Å²) in [6, 6.07) is 0.894. The number of hydrogen-bond acceptors (Lipinski definition) is 2. The van der Waals surface area contributed by atoms with Crippen molar-refractivity contribution in [3.8, 4) is 0 Å². The van der Waals surface area contributed by atoms with Crippen LogP contribution in [0.15, 0.2) is 0 Å². The lowest BCUT2D eigenvalue weighted by Crippen LogP contribution is -2.46. The van der Waals surface area contributed by atoms with Gasteiger partial charge in [0.05, 0.1) is 0 Å². The quantitative estimate of drug-likeness (QED) is 0.551. The molecule has 1 atom stereocenters. The summed E-state index contributed by atoms with van der Waals surface area (Å²) in [6.45, 7) is 1.31. The third kappa shape index (κ3) is 1.17. The maximum absolute atomic E-state index is 2.41. The molecule has 0 bridgehead atoms. The van der Waals surface area contributed by atoms with Crippen LogP contribution in [0.4, 0.5) is 0 Å². The van der Waals surface area contributed by atoms with Gasteiger partial charge in [0.15, 0.2) is 0 Å². The second-order valence-corrected chi connectivity index (χ2v) is 3.29. The molecule has 1 fully saturated rings. The molecule has 0 aromatic rings. The summed E-state index contributed by atoms with van der Waals surface area (Å²) in [7, 11) is 2.20. The third-order valence-electron chi connectivity index (χ3n) is 1.80. The second-order valence-electron chi connectivity index (χ2n) is 2.38. The first kappa shape index (κ1) is 6.43. The van der Waals surface area contributed by atoms with E-state index in [1.54, 1.807) is 0 Å². The van der Waals surface area contributed by atoms with Gasteiger partial charge in [-0.2, -0.15) is 11.8 Å². The zero-order valence-electron chi connectivity index (χ0n) is 5.55. The molecule has 0 spiro atoms. The molecular formula is C6H13NS. The molecule has 1 heterocycles. The van der Waals surface area contributed by atoms with Crippen LogP contribution in [-0.4, -0.2) is 36.5 Å². The average Bonchev–Trinajstić information content (AvgIpc) is 1.79. The van der Waals surface area contributed by atoms with Crippen LogP contribution in [0.5, 0.6) is 0 Å². The monoisotopic (exact) mass is 131 g/mol. The summed E-state index contributed by atoms with van der Waals surface area (Å²) in [4.78, 5) is 2.41. The van der Waals surface area contributed by atoms with Gasteiger partial charge in [-0.1, -0.05) is 0 Å². The topological polar surface area (TPSA) is 3.24 Å². The third-order valence-corrected chi connectivity index (χ3v) is 2.52. The minimum Gasteiger partial charge on any atom is -0.302 e. The number of hydrogen-bond donors (Lipinski definition) is 0. The minimum atomic E-state index is 0.894. The van der Waals surface area contributed by atoms with Gasteiger partial charge in [0.2, 0.25) is 0 Å². The standard InChI is InChI=1S/C6H13NS/c1-7-4-3-6(7)5-8-2/h6H,3-5H2,1-2H3. The van der Waals surface area contributed by atoms with Crippen LogP contribution in [0.2, 0.25) is 0 Å². The fraction of sp³-hybridized carbons (Fsp3) is 1.00. The van der Waals surface area contributed by atoms with Gasteiger partial charge in [-0.25, -0.2) is 0 Å². The molecule has 1 nitrogen and oxygen atoms in total. The molecule has 0 aliphatic carbocycles. The highest BCUT2D eigenvalue weighted by molar-refractivity contribution is 7.98. The lowest BCUT2D eigenvalue weighted by Gasteiger charge is -2.37. The van der Waals surface area contributed by atoms with Crippen molar-refractivity contribution in [1.29, 1.82) is 0 Å². The normalized spacial score (nSPS) is 30.0. The molecule has 0 N–H and O–H groups in total. The number of thioether (sulfide) groups is 1. The fourth-order valence-corrected chi connectivity index (χ4v) is 1.78. The maximum Gasteiger partial charge on any atom is 0.0195 e. The lowest BCUT2D eigenvalue weighted by atomic mass is 10.1. The van der Waals surface area contributed by atoms with Crippen LogP contribution in [0.1, 0.15) is 6.42 Å². The molecular weight excluding hydrogens is 118 g/mol. The van der Waals surface area contributed by atoms with Crippen molar-refractivity contribution in [2.75, 3.05) is 25.6 Å². The van der Waals surface area contributed by atoms with Crippen molar-refractivity contribution in [2.45, 2.75) is 12.5 Å². The Labute approximate surface area is 55.4 Å². The summed E-state index contributed by atoms with van der Waals surface area (Å²) < 4.78 is 0. The van der Waals surface area contributed by atoms with Crippen LogP contribution in [0.3, 0.4) is 0 Å². The van der Waals surface area contributed by atoms with Gasteiger partial charge in [-0.15, -0.1) is 0 Å². The van der Waals surface area contributed by atoms with Crippen LogP contribution < -0.4 is 0 Å². The second kappa shape index (κ2) is 2.74. The van der Waals surface area contributed by atoms with Crippen molar-refractivity contribution >= 4 is 11.8 Å². The minimum absolute atomic E-state index is 0.894. The summed E-state index contributed by atoms with van der Waals surface area (Å²) in [5.41, 5.74) is 0. The molecule has 1 aliphatic rings. The van der Waals surface area contributed by atoms with E-state index in [-0.39, 0.29) is 0 Å². The van der Waals surface area contributed by atoms with E-state index in [9.17, 15) is 0 Å². The first-order valence-corrected chi connectivity index (χ1v) is 4.43. The molecule has 0 amide bonds. The molecule has 0 radical (unpaired) electrons. The van der Waals surface area contributed by atoms with Crippen molar-refractivity contribution in [1.82, 2.24) is 4.90 Å². The van der Waals surface area contributed by atoms with E-state index < -0.39 is 0 Å². The largest absolute Gasteiger partial charge is 0.302 e.